The molecular weight excluding hydrogens is 911 g/mol. The van der Waals surface area contributed by atoms with Gasteiger partial charge in [0.15, 0.2) is 0 Å². The average Bonchev–Trinajstić information content (AvgIpc) is 4.03. The van der Waals surface area contributed by atoms with Crippen LogP contribution in [-0.2, 0) is 34.4 Å². The van der Waals surface area contributed by atoms with E-state index in [2.05, 4.69) is 25.1 Å². The first-order valence-corrected chi connectivity index (χ1v) is 23.1. The summed E-state index contributed by atoms with van der Waals surface area (Å²) in [6.07, 6.45) is 1.85. The zero-order valence-electron chi connectivity index (χ0n) is 32.7. The highest BCUT2D eigenvalue weighted by atomic mass is 127. The minimum atomic E-state index is -3.91. The molecule has 1 unspecified atom stereocenters. The molecule has 3 aromatic rings. The smallest absolute Gasteiger partial charge is 0.260 e. The van der Waals surface area contributed by atoms with Crippen molar-refractivity contribution in [2.45, 2.75) is 111 Å². The number of alkyl halides is 1. The van der Waals surface area contributed by atoms with Gasteiger partial charge < -0.3 is 25.0 Å². The van der Waals surface area contributed by atoms with Crippen LogP contribution in [0.4, 0.5) is 5.69 Å². The fourth-order valence-corrected chi connectivity index (χ4v) is 10.9. The molecule has 1 aliphatic heterocycles. The van der Waals surface area contributed by atoms with E-state index >= 15 is 0 Å². The zero-order chi connectivity index (χ0) is 41.9. The summed E-state index contributed by atoms with van der Waals surface area (Å²) in [6, 6.07) is 9.14. The Hall–Kier alpha value is -3.46. The Kier molecular flexibility index (Phi) is 11.8. The molecular formula is C38H48ClIN6O9S2. The molecule has 1 saturated heterocycles. The number of rotatable bonds is 13. The number of amides is 3. The van der Waals surface area contributed by atoms with Crippen LogP contribution in [0.15, 0.2) is 53.6 Å². The maximum atomic E-state index is 14.9. The zero-order valence-corrected chi connectivity index (χ0v) is 37.2. The Morgan fingerprint density at radius 2 is 1.70 bits per heavy atom. The van der Waals surface area contributed by atoms with E-state index in [1.807, 2.05) is 43.4 Å². The number of carbonyl (C=O) groups is 3. The number of benzene rings is 2. The summed E-state index contributed by atoms with van der Waals surface area (Å²) >= 11 is 8.37. The molecule has 15 nitrogen and oxygen atoms in total. The first-order valence-electron chi connectivity index (χ1n) is 18.5. The van der Waals surface area contributed by atoms with E-state index in [1.54, 1.807) is 51.1 Å². The molecule has 3 amide bonds. The summed E-state index contributed by atoms with van der Waals surface area (Å²) in [4.78, 5) is 48.6. The van der Waals surface area contributed by atoms with Crippen LogP contribution in [0.25, 0.3) is 10.8 Å². The molecule has 0 spiro atoms. The van der Waals surface area contributed by atoms with Gasteiger partial charge in [-0.15, -0.1) is 0 Å². The molecule has 2 heterocycles. The molecule has 57 heavy (non-hydrogen) atoms. The normalized spacial score (nSPS) is 23.1. The Morgan fingerprint density at radius 3 is 2.30 bits per heavy atom. The number of nitrogens with one attached hydrogen (secondary N) is 4. The molecule has 310 valence electrons. The topological polar surface area (TPSA) is 202 Å². The molecule has 3 fully saturated rings. The lowest BCUT2D eigenvalue weighted by Gasteiger charge is -2.36. The Balaban J connectivity index is 1.32. The monoisotopic (exact) mass is 958 g/mol. The molecule has 1 aromatic heterocycles. The van der Waals surface area contributed by atoms with Gasteiger partial charge in [-0.2, -0.15) is 0 Å². The third-order valence-corrected chi connectivity index (χ3v) is 15.3. The Labute approximate surface area is 352 Å². The van der Waals surface area contributed by atoms with Crippen molar-refractivity contribution >= 4 is 88.4 Å². The van der Waals surface area contributed by atoms with Gasteiger partial charge >= 0.3 is 0 Å². The van der Waals surface area contributed by atoms with Crippen LogP contribution in [0.5, 0.6) is 11.6 Å². The van der Waals surface area contributed by atoms with Gasteiger partial charge in [0.25, 0.3) is 5.91 Å². The number of ether oxygens (including phenoxy) is 2. The number of anilines is 1. The molecule has 5 atom stereocenters. The number of carbonyl (C=O) groups excluding carboxylic acids is 3. The Morgan fingerprint density at radius 1 is 1.02 bits per heavy atom. The van der Waals surface area contributed by atoms with Gasteiger partial charge in [0.1, 0.15) is 29.5 Å². The number of pyridine rings is 1. The molecule has 3 aliphatic rings. The quantitative estimate of drug-likeness (QED) is 0.139. The molecule has 19 heteroatoms. The van der Waals surface area contributed by atoms with Crippen molar-refractivity contribution in [1.82, 2.24) is 24.6 Å². The van der Waals surface area contributed by atoms with E-state index in [0.29, 0.717) is 40.1 Å². The van der Waals surface area contributed by atoms with Crippen LogP contribution < -0.4 is 29.6 Å². The van der Waals surface area contributed by atoms with Gasteiger partial charge in [0, 0.05) is 37.4 Å². The van der Waals surface area contributed by atoms with Gasteiger partial charge in [0.05, 0.1) is 30.0 Å². The lowest BCUT2D eigenvalue weighted by atomic mass is 9.85. The predicted octanol–water partition coefficient (Wildman–Crippen LogP) is 4.52. The molecule has 0 bridgehead atoms. The second-order valence-electron chi connectivity index (χ2n) is 16.9. The maximum Gasteiger partial charge on any atom is 0.260 e. The predicted molar refractivity (Wildman–Crippen MR) is 225 cm³/mol. The highest BCUT2D eigenvalue weighted by Crippen LogP contribution is 2.45. The number of hydrogen-bond acceptors (Lipinski definition) is 11. The van der Waals surface area contributed by atoms with Crippen molar-refractivity contribution in [2.75, 3.05) is 19.0 Å². The highest BCUT2D eigenvalue weighted by molar-refractivity contribution is 14.1. The van der Waals surface area contributed by atoms with E-state index in [9.17, 15) is 31.2 Å². The van der Waals surface area contributed by atoms with Gasteiger partial charge in [-0.25, -0.2) is 26.5 Å². The number of sulfonamides is 2. The molecule has 2 aromatic carbocycles. The van der Waals surface area contributed by atoms with Crippen LogP contribution in [-0.4, -0.2) is 96.5 Å². The fourth-order valence-electron chi connectivity index (χ4n) is 6.78. The lowest BCUT2D eigenvalue weighted by Crippen LogP contribution is -2.58. The molecule has 0 radical (unpaired) electrons. The largest absolute Gasteiger partial charge is 0.494 e. The number of likely N-dealkylation sites (tertiary alicyclic amines) is 1. The minimum absolute atomic E-state index is 0.000387. The number of methoxy groups -OCH3 is 1. The second kappa shape index (κ2) is 15.6. The number of aromatic nitrogens is 1. The third kappa shape index (κ3) is 9.55. The van der Waals surface area contributed by atoms with Crippen molar-refractivity contribution in [3.8, 4) is 11.6 Å². The summed E-state index contributed by atoms with van der Waals surface area (Å²) in [7, 11) is -6.29. The van der Waals surface area contributed by atoms with E-state index in [-0.39, 0.29) is 30.2 Å². The number of nitrogens with zero attached hydrogens (tertiary/aromatic N) is 2. The summed E-state index contributed by atoms with van der Waals surface area (Å²) in [6.45, 7) is 10.7. The molecule has 6 rings (SSSR count). The van der Waals surface area contributed by atoms with Gasteiger partial charge in [0.2, 0.25) is 37.7 Å². The first-order chi connectivity index (χ1) is 26.4. The van der Waals surface area contributed by atoms with Crippen molar-refractivity contribution in [3.05, 3.63) is 53.7 Å². The standard InChI is InChI=1S/C38H48ClIN6O9S2/c1-36(2,3)31(42-22-9-8-10-25(16-22)57(52,53)45-37(4,5)6)34(48)46-20-23(55-33-27-15-21(39)11-14-26(27)29(54-7)19-41-33)17-28(46)32(47)43-38(18-30(38)40)35(49)44-56(50,51)24-12-13-24/h8-11,14-16,19,23-24,28,30-31,42,45H,12-13,17-18,20H2,1-7H3,(H,43,47)(H,44,49)/t23-,28+,30-,31?,38-/m1/s1. The number of hydrogen-bond donors (Lipinski definition) is 4. The van der Waals surface area contributed by atoms with Crippen LogP contribution in [0, 0.1) is 5.41 Å². The van der Waals surface area contributed by atoms with E-state index in [1.165, 1.54) is 30.3 Å². The highest BCUT2D eigenvalue weighted by Gasteiger charge is 2.62. The van der Waals surface area contributed by atoms with Crippen molar-refractivity contribution < 1.29 is 40.7 Å². The number of fused-ring (bicyclic) bond motifs is 1. The van der Waals surface area contributed by atoms with E-state index < -0.39 is 81.6 Å². The maximum absolute atomic E-state index is 14.9. The molecule has 2 saturated carbocycles. The Bertz CT molecular complexity index is 2310. The van der Waals surface area contributed by atoms with Crippen LogP contribution in [0.3, 0.4) is 0 Å². The molecule has 2 aliphatic carbocycles. The van der Waals surface area contributed by atoms with Crippen molar-refractivity contribution in [2.24, 2.45) is 5.41 Å². The van der Waals surface area contributed by atoms with E-state index in [4.69, 9.17) is 21.1 Å². The SMILES string of the molecule is COc1cnc(O[C@@H]2C[C@@H](C(=O)N[C@]3(C(=O)NS(=O)(=O)C4CC4)C[C@H]3I)N(C(=O)C(Nc3cccc(S(=O)(=O)NC(C)(C)C)c3)C(C)(C)C)C2)c2cc(Cl)ccc12. The summed E-state index contributed by atoms with van der Waals surface area (Å²) in [5.74, 6) is -1.26. The third-order valence-electron chi connectivity index (χ3n) is 9.96. The van der Waals surface area contributed by atoms with Crippen LogP contribution >= 0.6 is 34.2 Å². The second-order valence-corrected chi connectivity index (χ2v) is 22.5. The van der Waals surface area contributed by atoms with Gasteiger partial charge in [-0.1, -0.05) is 61.0 Å². The fraction of sp³-hybridized carbons (Fsp3) is 0.526. The van der Waals surface area contributed by atoms with Gasteiger partial charge in [-0.05, 0) is 81.8 Å². The van der Waals surface area contributed by atoms with Crippen LogP contribution in [0.1, 0.15) is 67.2 Å². The van der Waals surface area contributed by atoms with Crippen molar-refractivity contribution in [1.29, 1.82) is 0 Å². The average molecular weight is 959 g/mol. The summed E-state index contributed by atoms with van der Waals surface area (Å²) < 4.78 is 68.2. The molecule has 4 N–H and O–H groups in total. The summed E-state index contributed by atoms with van der Waals surface area (Å²) in [5, 5.41) is 7.07. The lowest BCUT2D eigenvalue weighted by molar-refractivity contribution is -0.141. The van der Waals surface area contributed by atoms with Crippen LogP contribution in [0.2, 0.25) is 5.02 Å². The van der Waals surface area contributed by atoms with Crippen molar-refractivity contribution in [3.63, 3.8) is 0 Å². The number of halogens is 2. The minimum Gasteiger partial charge on any atom is -0.494 e. The van der Waals surface area contributed by atoms with Gasteiger partial charge in [-0.3, -0.25) is 19.1 Å². The first kappa shape index (κ1) is 43.1. The summed E-state index contributed by atoms with van der Waals surface area (Å²) in [5.41, 5.74) is -2.65. The van der Waals surface area contributed by atoms with E-state index in [0.717, 1.165) is 0 Å².